The molecule has 0 aromatic rings. The summed E-state index contributed by atoms with van der Waals surface area (Å²) in [5.41, 5.74) is 0. The quantitative estimate of drug-likeness (QED) is 0.0322. The van der Waals surface area contributed by atoms with Crippen LogP contribution in [0.2, 0.25) is 0 Å². The molecule has 6 nitrogen and oxygen atoms in total. The highest BCUT2D eigenvalue weighted by atomic mass is 16.5. The topological polar surface area (TPSA) is 95.9 Å². The zero-order valence-corrected chi connectivity index (χ0v) is 39.7. The van der Waals surface area contributed by atoms with Crippen LogP contribution in [-0.4, -0.2) is 47.4 Å². The van der Waals surface area contributed by atoms with E-state index >= 15 is 0 Å². The lowest BCUT2D eigenvalue weighted by molar-refractivity contribution is -0.143. The number of hydrogen-bond acceptors (Lipinski definition) is 5. The van der Waals surface area contributed by atoms with Crippen molar-refractivity contribution in [1.29, 1.82) is 0 Å². The normalized spacial score (nSPS) is 13.1. The monoisotopic (exact) mass is 842 g/mol. The first-order valence-electron chi connectivity index (χ1n) is 25.9. The van der Waals surface area contributed by atoms with Gasteiger partial charge < -0.3 is 20.3 Å². The van der Waals surface area contributed by atoms with E-state index in [9.17, 15) is 19.8 Å². The molecule has 6 heteroatoms. The number of unbranched alkanes of at least 4 members (excludes halogenated alkanes) is 30. The average Bonchev–Trinajstić information content (AvgIpc) is 3.25. The predicted octanol–water partition coefficient (Wildman–Crippen LogP) is 15.5. The molecule has 0 rings (SSSR count). The first kappa shape index (κ1) is 57.8. The molecule has 0 aliphatic carbocycles. The molecule has 0 aliphatic heterocycles. The van der Waals surface area contributed by atoms with Crippen LogP contribution in [0.1, 0.15) is 258 Å². The Kier molecular flexibility index (Phi) is 47.7. The summed E-state index contributed by atoms with van der Waals surface area (Å²) in [5, 5.41) is 23.0. The Bertz CT molecular complexity index is 1020. The fraction of sp³-hybridized carbons (Fsp3) is 0.815. The van der Waals surface area contributed by atoms with E-state index < -0.39 is 12.1 Å². The van der Waals surface area contributed by atoms with Gasteiger partial charge in [0, 0.05) is 12.8 Å². The highest BCUT2D eigenvalue weighted by Gasteiger charge is 2.18. The second-order valence-electron chi connectivity index (χ2n) is 17.5. The standard InChI is InChI=1S/C54H99NO5/c1-3-5-7-9-11-13-15-17-18-19-20-21-22-23-28-32-36-40-44-48-54(59)60-49-45-41-37-33-29-25-24-27-31-35-39-43-47-53(58)55-51(50-56)52(57)46-42-38-34-30-26-16-14-12-10-8-6-4-2/h11,13,17-18,25,29,42,46,51-52,56-57H,3-10,12,14-16,19-24,26-28,30-41,43-45,47-50H2,1-2H3,(H,55,58)/b13-11-,18-17-,29-25-,46-42+. The van der Waals surface area contributed by atoms with E-state index in [0.717, 1.165) is 89.9 Å². The first-order valence-corrected chi connectivity index (χ1v) is 25.9. The van der Waals surface area contributed by atoms with Gasteiger partial charge in [-0.25, -0.2) is 0 Å². The summed E-state index contributed by atoms with van der Waals surface area (Å²) in [5.74, 6) is -0.125. The van der Waals surface area contributed by atoms with Gasteiger partial charge in [0.15, 0.2) is 0 Å². The van der Waals surface area contributed by atoms with E-state index in [0.29, 0.717) is 19.4 Å². The zero-order chi connectivity index (χ0) is 43.7. The maximum atomic E-state index is 12.4. The highest BCUT2D eigenvalue weighted by Crippen LogP contribution is 2.14. The number of carbonyl (C=O) groups excluding carboxylic acids is 2. The smallest absolute Gasteiger partial charge is 0.305 e. The Labute approximate surface area is 372 Å². The number of ether oxygens (including phenoxy) is 1. The van der Waals surface area contributed by atoms with Gasteiger partial charge in [-0.15, -0.1) is 0 Å². The molecule has 0 bridgehead atoms. The minimum absolute atomic E-state index is 0.0292. The van der Waals surface area contributed by atoms with Gasteiger partial charge in [0.25, 0.3) is 0 Å². The van der Waals surface area contributed by atoms with Crippen molar-refractivity contribution in [3.05, 3.63) is 48.6 Å². The fourth-order valence-corrected chi connectivity index (χ4v) is 7.54. The van der Waals surface area contributed by atoms with Gasteiger partial charge in [0.1, 0.15) is 0 Å². The number of esters is 1. The molecule has 0 heterocycles. The van der Waals surface area contributed by atoms with Crippen molar-refractivity contribution in [2.45, 2.75) is 270 Å². The summed E-state index contributed by atoms with van der Waals surface area (Å²) >= 11 is 0. The number of amides is 1. The third-order valence-corrected chi connectivity index (χ3v) is 11.6. The SMILES string of the molecule is CCCCC/C=C\C/C=C\CCCCCCCCCCCC(=O)OCCCCC/C=C\CCCCCCCC(=O)NC(CO)C(O)/C=C/CCCCCCCCCCCC. The van der Waals surface area contributed by atoms with E-state index in [1.54, 1.807) is 6.08 Å². The number of carbonyl (C=O) groups is 2. The molecule has 0 saturated heterocycles. The number of nitrogens with one attached hydrogen (secondary N) is 1. The molecule has 0 saturated carbocycles. The number of rotatable bonds is 47. The predicted molar refractivity (Wildman–Crippen MR) is 259 cm³/mol. The minimum Gasteiger partial charge on any atom is -0.466 e. The van der Waals surface area contributed by atoms with Crippen LogP contribution in [0.3, 0.4) is 0 Å². The van der Waals surface area contributed by atoms with Gasteiger partial charge in [0.2, 0.25) is 5.91 Å². The van der Waals surface area contributed by atoms with Crippen molar-refractivity contribution in [3.8, 4) is 0 Å². The van der Waals surface area contributed by atoms with Gasteiger partial charge in [-0.1, -0.05) is 197 Å². The lowest BCUT2D eigenvalue weighted by Crippen LogP contribution is -2.45. The van der Waals surface area contributed by atoms with Gasteiger partial charge in [-0.3, -0.25) is 9.59 Å². The summed E-state index contributed by atoms with van der Waals surface area (Å²) in [7, 11) is 0. The van der Waals surface area contributed by atoms with Crippen LogP contribution >= 0.6 is 0 Å². The maximum Gasteiger partial charge on any atom is 0.305 e. The maximum absolute atomic E-state index is 12.4. The Morgan fingerprint density at radius 3 is 1.32 bits per heavy atom. The molecule has 1 amide bonds. The van der Waals surface area contributed by atoms with E-state index in [-0.39, 0.29) is 18.5 Å². The van der Waals surface area contributed by atoms with Crippen LogP contribution in [0.4, 0.5) is 0 Å². The minimum atomic E-state index is -0.860. The summed E-state index contributed by atoms with van der Waals surface area (Å²) in [6, 6.07) is -0.646. The van der Waals surface area contributed by atoms with Crippen molar-refractivity contribution < 1.29 is 24.5 Å². The second kappa shape index (κ2) is 49.5. The van der Waals surface area contributed by atoms with Gasteiger partial charge in [-0.05, 0) is 96.3 Å². The molecule has 0 spiro atoms. The van der Waals surface area contributed by atoms with Crippen molar-refractivity contribution in [1.82, 2.24) is 5.32 Å². The molecule has 0 aromatic heterocycles. The summed E-state index contributed by atoms with van der Waals surface area (Å²) in [4.78, 5) is 24.5. The summed E-state index contributed by atoms with van der Waals surface area (Å²) in [6.45, 7) is 4.80. The Hall–Kier alpha value is -2.18. The van der Waals surface area contributed by atoms with E-state index in [1.165, 1.54) is 141 Å². The number of aliphatic hydroxyl groups is 2. The molecule has 0 fully saturated rings. The second-order valence-corrected chi connectivity index (χ2v) is 17.5. The largest absolute Gasteiger partial charge is 0.466 e. The molecule has 3 N–H and O–H groups in total. The molecule has 2 unspecified atom stereocenters. The Morgan fingerprint density at radius 2 is 0.833 bits per heavy atom. The van der Waals surface area contributed by atoms with Crippen LogP contribution in [0, 0.1) is 0 Å². The van der Waals surface area contributed by atoms with Crippen LogP contribution in [0.5, 0.6) is 0 Å². The summed E-state index contributed by atoms with van der Waals surface area (Å²) < 4.78 is 5.45. The zero-order valence-electron chi connectivity index (χ0n) is 39.7. The number of hydrogen-bond donors (Lipinski definition) is 3. The average molecular weight is 842 g/mol. The van der Waals surface area contributed by atoms with E-state index in [1.807, 2.05) is 6.08 Å². The van der Waals surface area contributed by atoms with Crippen LogP contribution in [0.15, 0.2) is 48.6 Å². The molecule has 0 radical (unpaired) electrons. The molecular formula is C54H99NO5. The first-order chi connectivity index (χ1) is 29.5. The number of allylic oxidation sites excluding steroid dienone is 7. The molecular weight excluding hydrogens is 743 g/mol. The molecule has 0 aliphatic rings. The van der Waals surface area contributed by atoms with Gasteiger partial charge >= 0.3 is 5.97 Å². The lowest BCUT2D eigenvalue weighted by atomic mass is 10.1. The van der Waals surface area contributed by atoms with Crippen molar-refractivity contribution in [2.75, 3.05) is 13.2 Å². The third-order valence-electron chi connectivity index (χ3n) is 11.6. The molecule has 0 aromatic carbocycles. The van der Waals surface area contributed by atoms with Crippen molar-refractivity contribution >= 4 is 11.9 Å². The van der Waals surface area contributed by atoms with Crippen LogP contribution in [-0.2, 0) is 14.3 Å². The van der Waals surface area contributed by atoms with Gasteiger partial charge in [-0.2, -0.15) is 0 Å². The van der Waals surface area contributed by atoms with Crippen molar-refractivity contribution in [2.24, 2.45) is 0 Å². The van der Waals surface area contributed by atoms with E-state index in [4.69, 9.17) is 4.74 Å². The lowest BCUT2D eigenvalue weighted by Gasteiger charge is -2.20. The van der Waals surface area contributed by atoms with Crippen molar-refractivity contribution in [3.63, 3.8) is 0 Å². The number of aliphatic hydroxyl groups excluding tert-OH is 2. The third kappa shape index (κ3) is 45.3. The molecule has 60 heavy (non-hydrogen) atoms. The Balaban J connectivity index is 3.52. The van der Waals surface area contributed by atoms with Crippen LogP contribution < -0.4 is 5.32 Å². The summed E-state index contributed by atoms with van der Waals surface area (Å²) in [6.07, 6.45) is 61.1. The highest BCUT2D eigenvalue weighted by molar-refractivity contribution is 5.76. The van der Waals surface area contributed by atoms with Gasteiger partial charge in [0.05, 0.1) is 25.4 Å². The van der Waals surface area contributed by atoms with E-state index in [2.05, 4.69) is 55.6 Å². The molecule has 350 valence electrons. The molecule has 2 atom stereocenters. The van der Waals surface area contributed by atoms with Crippen LogP contribution in [0.25, 0.3) is 0 Å². The Morgan fingerprint density at radius 1 is 0.467 bits per heavy atom. The fourth-order valence-electron chi connectivity index (χ4n) is 7.54.